The Morgan fingerprint density at radius 3 is 2.68 bits per heavy atom. The predicted molar refractivity (Wildman–Crippen MR) is 82.9 cm³/mol. The van der Waals surface area contributed by atoms with Crippen molar-refractivity contribution in [1.82, 2.24) is 9.55 Å². The van der Waals surface area contributed by atoms with Crippen LogP contribution < -0.4 is 10.3 Å². The van der Waals surface area contributed by atoms with Crippen LogP contribution in [-0.2, 0) is 11.3 Å². The molecule has 2 aromatic heterocycles. The number of pyridine rings is 2. The molecule has 0 spiro atoms. The van der Waals surface area contributed by atoms with Crippen molar-refractivity contribution >= 4 is 17.0 Å². The molecule has 3 aromatic rings. The molecule has 1 aromatic carbocycles. The van der Waals surface area contributed by atoms with Crippen molar-refractivity contribution < 1.29 is 9.53 Å². The minimum Gasteiger partial charge on any atom is -0.426 e. The molecule has 0 aliphatic rings. The maximum absolute atomic E-state index is 12.4. The molecule has 2 heterocycles. The van der Waals surface area contributed by atoms with E-state index in [9.17, 15) is 9.59 Å². The highest BCUT2D eigenvalue weighted by Crippen LogP contribution is 2.22. The van der Waals surface area contributed by atoms with Gasteiger partial charge in [0.25, 0.3) is 5.56 Å². The second kappa shape index (κ2) is 5.81. The average molecular weight is 294 g/mol. The van der Waals surface area contributed by atoms with Crippen LogP contribution in [-0.4, -0.2) is 15.5 Å². The zero-order valence-electron chi connectivity index (χ0n) is 12.0. The second-order valence-corrected chi connectivity index (χ2v) is 4.89. The minimum absolute atomic E-state index is 0.241. The van der Waals surface area contributed by atoms with Gasteiger partial charge in [0.1, 0.15) is 11.4 Å². The molecule has 0 aliphatic heterocycles. The molecule has 22 heavy (non-hydrogen) atoms. The zero-order valence-corrected chi connectivity index (χ0v) is 12.0. The number of carbonyl (C=O) groups excluding carboxylic acids is 1. The van der Waals surface area contributed by atoms with E-state index < -0.39 is 5.97 Å². The third-order valence-corrected chi connectivity index (χ3v) is 3.27. The zero-order chi connectivity index (χ0) is 15.5. The van der Waals surface area contributed by atoms with E-state index in [-0.39, 0.29) is 11.3 Å². The topological polar surface area (TPSA) is 61.2 Å². The quantitative estimate of drug-likeness (QED) is 0.696. The van der Waals surface area contributed by atoms with Gasteiger partial charge in [0.15, 0.2) is 0 Å². The molecule has 0 atom stereocenters. The highest BCUT2D eigenvalue weighted by atomic mass is 16.5. The Kier molecular flexibility index (Phi) is 3.70. The lowest BCUT2D eigenvalue weighted by Crippen LogP contribution is -2.22. The van der Waals surface area contributed by atoms with Crippen LogP contribution in [0.3, 0.4) is 0 Å². The number of nitrogens with zero attached hydrogens (tertiary/aromatic N) is 2. The number of benzene rings is 1. The van der Waals surface area contributed by atoms with Crippen LogP contribution in [0.25, 0.3) is 11.0 Å². The van der Waals surface area contributed by atoms with E-state index >= 15 is 0 Å². The number of ether oxygens (including phenoxy) is 1. The third kappa shape index (κ3) is 2.74. The van der Waals surface area contributed by atoms with Gasteiger partial charge in [-0.1, -0.05) is 30.3 Å². The summed E-state index contributed by atoms with van der Waals surface area (Å²) in [4.78, 5) is 27.8. The fourth-order valence-corrected chi connectivity index (χ4v) is 2.33. The van der Waals surface area contributed by atoms with Gasteiger partial charge in [-0.05, 0) is 17.7 Å². The van der Waals surface area contributed by atoms with Crippen molar-refractivity contribution in [3.63, 3.8) is 0 Å². The van der Waals surface area contributed by atoms with Crippen molar-refractivity contribution in [2.24, 2.45) is 0 Å². The highest BCUT2D eigenvalue weighted by molar-refractivity contribution is 5.85. The first-order chi connectivity index (χ1) is 10.6. The Hall–Kier alpha value is -2.95. The van der Waals surface area contributed by atoms with Crippen molar-refractivity contribution in [2.45, 2.75) is 13.5 Å². The summed E-state index contributed by atoms with van der Waals surface area (Å²) in [5.41, 5.74) is 1.23. The van der Waals surface area contributed by atoms with Gasteiger partial charge in [0.2, 0.25) is 0 Å². The van der Waals surface area contributed by atoms with E-state index in [4.69, 9.17) is 4.74 Å². The third-order valence-electron chi connectivity index (χ3n) is 3.27. The SMILES string of the molecule is CC(=O)Oc1cc(=O)n(Cc2ccccc2)c2ncccc12. The molecule has 5 heteroatoms. The van der Waals surface area contributed by atoms with Crippen molar-refractivity contribution in [2.75, 3.05) is 0 Å². The normalized spacial score (nSPS) is 10.6. The smallest absolute Gasteiger partial charge is 0.308 e. The van der Waals surface area contributed by atoms with Gasteiger partial charge in [-0.15, -0.1) is 0 Å². The molecule has 0 bridgehead atoms. The number of hydrogen-bond donors (Lipinski definition) is 0. The summed E-state index contributed by atoms with van der Waals surface area (Å²) in [6, 6.07) is 14.5. The molecule has 0 radical (unpaired) electrons. The van der Waals surface area contributed by atoms with Crippen LogP contribution in [0.5, 0.6) is 5.75 Å². The lowest BCUT2D eigenvalue weighted by molar-refractivity contribution is -0.131. The molecular weight excluding hydrogens is 280 g/mol. The van der Waals surface area contributed by atoms with Crippen LogP contribution in [0.15, 0.2) is 59.5 Å². The molecule has 110 valence electrons. The van der Waals surface area contributed by atoms with E-state index in [0.717, 1.165) is 5.56 Å². The lowest BCUT2D eigenvalue weighted by Gasteiger charge is -2.12. The summed E-state index contributed by atoms with van der Waals surface area (Å²) in [6.45, 7) is 1.71. The van der Waals surface area contributed by atoms with Crippen molar-refractivity contribution in [1.29, 1.82) is 0 Å². The number of fused-ring (bicyclic) bond motifs is 1. The van der Waals surface area contributed by atoms with Crippen LogP contribution in [0.1, 0.15) is 12.5 Å². The number of hydrogen-bond acceptors (Lipinski definition) is 4. The Morgan fingerprint density at radius 1 is 1.18 bits per heavy atom. The molecule has 0 saturated heterocycles. The standard InChI is InChI=1S/C17H14N2O3/c1-12(20)22-15-10-16(21)19(11-13-6-3-2-4-7-13)17-14(15)8-5-9-18-17/h2-10H,11H2,1H3. The molecule has 0 unspecified atom stereocenters. The van der Waals surface area contributed by atoms with Gasteiger partial charge in [0.05, 0.1) is 11.9 Å². The summed E-state index contributed by atoms with van der Waals surface area (Å²) in [5, 5.41) is 0.633. The fourth-order valence-electron chi connectivity index (χ4n) is 2.33. The molecule has 3 rings (SSSR count). The van der Waals surface area contributed by atoms with Crippen LogP contribution in [0, 0.1) is 0 Å². The number of rotatable bonds is 3. The summed E-state index contributed by atoms with van der Waals surface area (Å²) in [5.74, 6) is -0.227. The van der Waals surface area contributed by atoms with Crippen LogP contribution in [0.4, 0.5) is 0 Å². The molecular formula is C17H14N2O3. The minimum atomic E-state index is -0.467. The van der Waals surface area contributed by atoms with E-state index in [1.54, 1.807) is 22.9 Å². The molecule has 0 aliphatic carbocycles. The van der Waals surface area contributed by atoms with Crippen molar-refractivity contribution in [3.05, 3.63) is 70.6 Å². The monoisotopic (exact) mass is 294 g/mol. The summed E-state index contributed by atoms with van der Waals surface area (Å²) >= 11 is 0. The molecule has 0 saturated carbocycles. The summed E-state index contributed by atoms with van der Waals surface area (Å²) in [6.07, 6.45) is 1.61. The van der Waals surface area contributed by atoms with E-state index in [2.05, 4.69) is 4.98 Å². The van der Waals surface area contributed by atoms with E-state index in [0.29, 0.717) is 17.6 Å². The first-order valence-corrected chi connectivity index (χ1v) is 6.86. The maximum Gasteiger partial charge on any atom is 0.308 e. The molecule has 0 N–H and O–H groups in total. The molecule has 0 amide bonds. The Bertz CT molecular complexity index is 885. The molecule has 0 fully saturated rings. The predicted octanol–water partition coefficient (Wildman–Crippen LogP) is 2.37. The largest absolute Gasteiger partial charge is 0.426 e. The number of aromatic nitrogens is 2. The van der Waals surface area contributed by atoms with Gasteiger partial charge in [0, 0.05) is 19.2 Å². The fraction of sp³-hybridized carbons (Fsp3) is 0.118. The van der Waals surface area contributed by atoms with E-state index in [1.165, 1.54) is 13.0 Å². The van der Waals surface area contributed by atoms with Crippen LogP contribution >= 0.6 is 0 Å². The highest BCUT2D eigenvalue weighted by Gasteiger charge is 2.12. The van der Waals surface area contributed by atoms with Gasteiger partial charge in [-0.25, -0.2) is 4.98 Å². The summed E-state index contributed by atoms with van der Waals surface area (Å²) < 4.78 is 6.69. The van der Waals surface area contributed by atoms with Gasteiger partial charge in [-0.3, -0.25) is 14.2 Å². The van der Waals surface area contributed by atoms with Crippen LogP contribution in [0.2, 0.25) is 0 Å². The maximum atomic E-state index is 12.4. The van der Waals surface area contributed by atoms with Crippen molar-refractivity contribution in [3.8, 4) is 5.75 Å². The molecule has 5 nitrogen and oxygen atoms in total. The Morgan fingerprint density at radius 2 is 1.95 bits per heavy atom. The summed E-state index contributed by atoms with van der Waals surface area (Å²) in [7, 11) is 0. The first kappa shape index (κ1) is 14.0. The second-order valence-electron chi connectivity index (χ2n) is 4.89. The number of esters is 1. The number of carbonyl (C=O) groups is 1. The van der Waals surface area contributed by atoms with Gasteiger partial charge in [-0.2, -0.15) is 0 Å². The van der Waals surface area contributed by atoms with E-state index in [1.807, 2.05) is 30.3 Å². The average Bonchev–Trinajstić information content (AvgIpc) is 2.52. The van der Waals surface area contributed by atoms with Gasteiger partial charge < -0.3 is 4.74 Å². The lowest BCUT2D eigenvalue weighted by atomic mass is 10.2. The first-order valence-electron chi connectivity index (χ1n) is 6.86. The Labute approximate surface area is 126 Å². The van der Waals surface area contributed by atoms with Gasteiger partial charge >= 0.3 is 5.97 Å². The Balaban J connectivity index is 2.17.